The third-order valence-corrected chi connectivity index (χ3v) is 3.42. The summed E-state index contributed by atoms with van der Waals surface area (Å²) in [5, 5.41) is 9.17. The SMILES string of the molecule is OC[C@H]1CCCN(CCc2ccccc2)C1. The van der Waals surface area contributed by atoms with Crippen LogP contribution in [0.5, 0.6) is 0 Å². The summed E-state index contributed by atoms with van der Waals surface area (Å²) < 4.78 is 0. The molecule has 1 aromatic carbocycles. The minimum absolute atomic E-state index is 0.349. The van der Waals surface area contributed by atoms with E-state index in [4.69, 9.17) is 5.11 Å². The molecule has 1 aromatic rings. The Bertz CT molecular complexity index is 299. The molecule has 16 heavy (non-hydrogen) atoms. The van der Waals surface area contributed by atoms with Gasteiger partial charge in [0, 0.05) is 19.7 Å². The molecule has 0 spiro atoms. The predicted octanol–water partition coefficient (Wildman–Crippen LogP) is 1.93. The lowest BCUT2D eigenvalue weighted by Gasteiger charge is -2.31. The van der Waals surface area contributed by atoms with E-state index in [1.54, 1.807) is 0 Å². The summed E-state index contributed by atoms with van der Waals surface area (Å²) in [7, 11) is 0. The van der Waals surface area contributed by atoms with Crippen LogP contribution in [0.2, 0.25) is 0 Å². The van der Waals surface area contributed by atoms with Crippen molar-refractivity contribution in [3.63, 3.8) is 0 Å². The number of aliphatic hydroxyl groups is 1. The molecule has 1 aliphatic heterocycles. The zero-order valence-corrected chi connectivity index (χ0v) is 9.81. The quantitative estimate of drug-likeness (QED) is 0.836. The molecule has 1 N–H and O–H groups in total. The van der Waals surface area contributed by atoms with Gasteiger partial charge in [0.1, 0.15) is 0 Å². The van der Waals surface area contributed by atoms with Crippen LogP contribution in [0, 0.1) is 5.92 Å². The Labute approximate surface area is 97.9 Å². The molecule has 0 amide bonds. The lowest BCUT2D eigenvalue weighted by Crippen LogP contribution is -2.37. The topological polar surface area (TPSA) is 23.5 Å². The van der Waals surface area contributed by atoms with Crippen LogP contribution >= 0.6 is 0 Å². The van der Waals surface area contributed by atoms with E-state index < -0.39 is 0 Å². The van der Waals surface area contributed by atoms with Gasteiger partial charge in [0.05, 0.1) is 0 Å². The first kappa shape index (κ1) is 11.6. The van der Waals surface area contributed by atoms with E-state index >= 15 is 0 Å². The van der Waals surface area contributed by atoms with Gasteiger partial charge in [-0.3, -0.25) is 0 Å². The molecular formula is C14H21NO. The number of nitrogens with zero attached hydrogens (tertiary/aromatic N) is 1. The van der Waals surface area contributed by atoms with E-state index in [1.165, 1.54) is 24.9 Å². The number of benzene rings is 1. The Hall–Kier alpha value is -0.860. The highest BCUT2D eigenvalue weighted by molar-refractivity contribution is 5.14. The monoisotopic (exact) mass is 219 g/mol. The summed E-state index contributed by atoms with van der Waals surface area (Å²) in [5.74, 6) is 0.504. The average Bonchev–Trinajstić information content (AvgIpc) is 2.38. The second-order valence-electron chi connectivity index (χ2n) is 4.73. The molecule has 2 nitrogen and oxygen atoms in total. The molecule has 0 aromatic heterocycles. The zero-order valence-electron chi connectivity index (χ0n) is 9.81. The van der Waals surface area contributed by atoms with E-state index in [0.29, 0.717) is 12.5 Å². The minimum atomic E-state index is 0.349. The van der Waals surface area contributed by atoms with Gasteiger partial charge >= 0.3 is 0 Å². The summed E-state index contributed by atoms with van der Waals surface area (Å²) in [5.41, 5.74) is 1.41. The number of hydrogen-bond donors (Lipinski definition) is 1. The molecule has 1 fully saturated rings. The normalized spacial score (nSPS) is 22.2. The van der Waals surface area contributed by atoms with Gasteiger partial charge in [-0.2, -0.15) is 0 Å². The molecule has 0 unspecified atom stereocenters. The van der Waals surface area contributed by atoms with Crippen molar-refractivity contribution in [3.05, 3.63) is 35.9 Å². The first-order valence-electron chi connectivity index (χ1n) is 6.25. The molecule has 2 heteroatoms. The van der Waals surface area contributed by atoms with Crippen molar-refractivity contribution in [1.29, 1.82) is 0 Å². The van der Waals surface area contributed by atoms with Crippen molar-refractivity contribution < 1.29 is 5.11 Å². The van der Waals surface area contributed by atoms with E-state index in [0.717, 1.165) is 19.5 Å². The minimum Gasteiger partial charge on any atom is -0.396 e. The molecule has 1 saturated heterocycles. The summed E-state index contributed by atoms with van der Waals surface area (Å²) in [4.78, 5) is 2.48. The van der Waals surface area contributed by atoms with Crippen molar-refractivity contribution in [2.24, 2.45) is 5.92 Å². The van der Waals surface area contributed by atoms with Crippen LogP contribution in [-0.4, -0.2) is 36.2 Å². The third kappa shape index (κ3) is 3.32. The smallest absolute Gasteiger partial charge is 0.0471 e. The number of likely N-dealkylation sites (tertiary alicyclic amines) is 1. The highest BCUT2D eigenvalue weighted by atomic mass is 16.3. The number of piperidine rings is 1. The van der Waals surface area contributed by atoms with Crippen LogP contribution < -0.4 is 0 Å². The summed E-state index contributed by atoms with van der Waals surface area (Å²) in [6.45, 7) is 3.75. The average molecular weight is 219 g/mol. The molecule has 0 bridgehead atoms. The highest BCUT2D eigenvalue weighted by Crippen LogP contribution is 2.16. The van der Waals surface area contributed by atoms with Crippen molar-refractivity contribution >= 4 is 0 Å². The maximum absolute atomic E-state index is 9.17. The predicted molar refractivity (Wildman–Crippen MR) is 66.4 cm³/mol. The van der Waals surface area contributed by atoms with Crippen molar-refractivity contribution in [3.8, 4) is 0 Å². The van der Waals surface area contributed by atoms with E-state index in [2.05, 4.69) is 35.2 Å². The Morgan fingerprint density at radius 2 is 2.06 bits per heavy atom. The first-order valence-corrected chi connectivity index (χ1v) is 6.25. The Kier molecular flexibility index (Phi) is 4.37. The van der Waals surface area contributed by atoms with E-state index in [9.17, 15) is 0 Å². The van der Waals surface area contributed by atoms with Gasteiger partial charge in [0.15, 0.2) is 0 Å². The molecule has 1 aliphatic rings. The number of rotatable bonds is 4. The van der Waals surface area contributed by atoms with Gasteiger partial charge in [0.25, 0.3) is 0 Å². The van der Waals surface area contributed by atoms with Crippen LogP contribution in [0.1, 0.15) is 18.4 Å². The van der Waals surface area contributed by atoms with Crippen molar-refractivity contribution in [2.75, 3.05) is 26.2 Å². The fraction of sp³-hybridized carbons (Fsp3) is 0.571. The van der Waals surface area contributed by atoms with Crippen LogP contribution in [0.25, 0.3) is 0 Å². The van der Waals surface area contributed by atoms with Crippen LogP contribution in [-0.2, 0) is 6.42 Å². The molecule has 88 valence electrons. The molecular weight excluding hydrogens is 198 g/mol. The second kappa shape index (κ2) is 6.02. The molecule has 1 atom stereocenters. The van der Waals surface area contributed by atoms with Crippen LogP contribution in [0.3, 0.4) is 0 Å². The summed E-state index contributed by atoms with van der Waals surface area (Å²) in [6.07, 6.45) is 3.55. The first-order chi connectivity index (χ1) is 7.88. The van der Waals surface area contributed by atoms with Crippen LogP contribution in [0.15, 0.2) is 30.3 Å². The Balaban J connectivity index is 1.77. The molecule has 0 saturated carbocycles. The Morgan fingerprint density at radius 1 is 1.25 bits per heavy atom. The third-order valence-electron chi connectivity index (χ3n) is 3.42. The second-order valence-corrected chi connectivity index (χ2v) is 4.73. The van der Waals surface area contributed by atoms with Gasteiger partial charge < -0.3 is 10.0 Å². The van der Waals surface area contributed by atoms with E-state index in [-0.39, 0.29) is 0 Å². The largest absolute Gasteiger partial charge is 0.396 e. The maximum Gasteiger partial charge on any atom is 0.0471 e. The van der Waals surface area contributed by atoms with Gasteiger partial charge in [-0.25, -0.2) is 0 Å². The van der Waals surface area contributed by atoms with E-state index in [1.807, 2.05) is 0 Å². The van der Waals surface area contributed by atoms with Gasteiger partial charge in [0.2, 0.25) is 0 Å². The summed E-state index contributed by atoms with van der Waals surface area (Å²) in [6, 6.07) is 10.6. The highest BCUT2D eigenvalue weighted by Gasteiger charge is 2.18. The summed E-state index contributed by atoms with van der Waals surface area (Å²) >= 11 is 0. The number of aliphatic hydroxyl groups excluding tert-OH is 1. The molecule has 2 rings (SSSR count). The van der Waals surface area contributed by atoms with Gasteiger partial charge in [-0.15, -0.1) is 0 Å². The van der Waals surface area contributed by atoms with Crippen molar-refractivity contribution in [1.82, 2.24) is 4.90 Å². The standard InChI is InChI=1S/C14H21NO/c16-12-14-7-4-9-15(11-14)10-8-13-5-2-1-3-6-13/h1-3,5-6,14,16H,4,7-12H2/t14-/m0/s1. The van der Waals surface area contributed by atoms with Crippen LogP contribution in [0.4, 0.5) is 0 Å². The fourth-order valence-electron chi connectivity index (χ4n) is 2.44. The lowest BCUT2D eigenvalue weighted by molar-refractivity contribution is 0.121. The molecule has 0 aliphatic carbocycles. The van der Waals surface area contributed by atoms with Gasteiger partial charge in [-0.1, -0.05) is 30.3 Å². The fourth-order valence-corrected chi connectivity index (χ4v) is 2.44. The molecule has 0 radical (unpaired) electrons. The Morgan fingerprint density at radius 3 is 2.81 bits per heavy atom. The van der Waals surface area contributed by atoms with Gasteiger partial charge in [-0.05, 0) is 37.3 Å². The zero-order chi connectivity index (χ0) is 11.2. The number of hydrogen-bond acceptors (Lipinski definition) is 2. The molecule has 1 heterocycles. The maximum atomic E-state index is 9.17. The van der Waals surface area contributed by atoms with Crippen molar-refractivity contribution in [2.45, 2.75) is 19.3 Å². The lowest BCUT2D eigenvalue weighted by atomic mass is 9.98.